The second-order valence-electron chi connectivity index (χ2n) is 5.23. The Bertz CT molecular complexity index is 575. The molecule has 0 radical (unpaired) electrons. The van der Waals surface area contributed by atoms with Crippen molar-refractivity contribution >= 4 is 11.9 Å². The van der Waals surface area contributed by atoms with Crippen molar-refractivity contribution in [1.29, 1.82) is 0 Å². The molecule has 1 heterocycles. The van der Waals surface area contributed by atoms with E-state index in [0.29, 0.717) is 30.3 Å². The Hall–Kier alpha value is -2.44. The first-order chi connectivity index (χ1) is 11.0. The molecule has 1 amide bonds. The van der Waals surface area contributed by atoms with Gasteiger partial charge in [-0.1, -0.05) is 0 Å². The Labute approximate surface area is 135 Å². The summed E-state index contributed by atoms with van der Waals surface area (Å²) in [5.74, 6) is 0.712. The van der Waals surface area contributed by atoms with Crippen molar-refractivity contribution in [2.45, 2.75) is 13.0 Å². The molecule has 0 spiro atoms. The van der Waals surface area contributed by atoms with Gasteiger partial charge in [0.25, 0.3) is 0 Å². The van der Waals surface area contributed by atoms with E-state index in [1.54, 1.807) is 17.0 Å². The van der Waals surface area contributed by atoms with Crippen LogP contribution in [0.25, 0.3) is 0 Å². The first-order valence-corrected chi connectivity index (χ1v) is 7.18. The summed E-state index contributed by atoms with van der Waals surface area (Å²) in [5, 5.41) is 0. The highest BCUT2D eigenvalue weighted by atomic mass is 16.5. The van der Waals surface area contributed by atoms with Crippen LogP contribution in [0.5, 0.6) is 17.2 Å². The minimum Gasteiger partial charge on any atom is -0.493 e. The molecule has 1 aromatic rings. The van der Waals surface area contributed by atoms with Crippen LogP contribution in [0, 0.1) is 5.92 Å². The molecule has 1 aliphatic heterocycles. The van der Waals surface area contributed by atoms with E-state index in [4.69, 9.17) is 18.9 Å². The predicted octanol–water partition coefficient (Wildman–Crippen LogP) is 1.23. The first kappa shape index (κ1) is 16.9. The van der Waals surface area contributed by atoms with Gasteiger partial charge in [0.05, 0.1) is 34.4 Å². The third-order valence-electron chi connectivity index (χ3n) is 3.85. The average molecular weight is 323 g/mol. The number of ether oxygens (including phenoxy) is 4. The lowest BCUT2D eigenvalue weighted by Crippen LogP contribution is -2.26. The minimum absolute atomic E-state index is 0.0749. The first-order valence-electron chi connectivity index (χ1n) is 7.18. The second kappa shape index (κ2) is 7.21. The number of amides is 1. The van der Waals surface area contributed by atoms with Crippen LogP contribution in [0.2, 0.25) is 0 Å². The van der Waals surface area contributed by atoms with E-state index in [9.17, 15) is 9.59 Å². The van der Waals surface area contributed by atoms with Crippen molar-refractivity contribution in [3.8, 4) is 17.2 Å². The summed E-state index contributed by atoms with van der Waals surface area (Å²) in [4.78, 5) is 25.3. The molecule has 1 aliphatic rings. The van der Waals surface area contributed by atoms with Gasteiger partial charge in [0, 0.05) is 19.5 Å². The van der Waals surface area contributed by atoms with Crippen LogP contribution < -0.4 is 14.2 Å². The van der Waals surface area contributed by atoms with E-state index in [1.165, 1.54) is 28.4 Å². The fourth-order valence-corrected chi connectivity index (χ4v) is 2.70. The maximum atomic E-state index is 12.1. The van der Waals surface area contributed by atoms with Crippen LogP contribution in [0.1, 0.15) is 12.0 Å². The molecule has 1 atom stereocenters. The maximum Gasteiger partial charge on any atom is 0.310 e. The van der Waals surface area contributed by atoms with E-state index in [1.807, 2.05) is 0 Å². The Morgan fingerprint density at radius 2 is 1.74 bits per heavy atom. The van der Waals surface area contributed by atoms with Crippen molar-refractivity contribution in [1.82, 2.24) is 4.90 Å². The highest BCUT2D eigenvalue weighted by Gasteiger charge is 2.35. The Kier molecular flexibility index (Phi) is 5.31. The smallest absolute Gasteiger partial charge is 0.310 e. The molecule has 1 aromatic carbocycles. The number of hydrogen-bond acceptors (Lipinski definition) is 6. The number of likely N-dealkylation sites (tertiary alicyclic amines) is 1. The van der Waals surface area contributed by atoms with Gasteiger partial charge >= 0.3 is 5.97 Å². The van der Waals surface area contributed by atoms with Gasteiger partial charge in [-0.3, -0.25) is 9.59 Å². The largest absolute Gasteiger partial charge is 0.493 e. The van der Waals surface area contributed by atoms with Gasteiger partial charge in [-0.25, -0.2) is 0 Å². The average Bonchev–Trinajstić information content (AvgIpc) is 2.93. The third-order valence-corrected chi connectivity index (χ3v) is 3.85. The van der Waals surface area contributed by atoms with Crippen molar-refractivity contribution in [3.05, 3.63) is 17.7 Å². The van der Waals surface area contributed by atoms with E-state index in [0.717, 1.165) is 5.56 Å². The molecular weight excluding hydrogens is 302 g/mol. The topological polar surface area (TPSA) is 74.3 Å². The van der Waals surface area contributed by atoms with E-state index < -0.39 is 5.92 Å². The summed E-state index contributed by atoms with van der Waals surface area (Å²) in [6.07, 6.45) is 0.178. The molecule has 1 saturated heterocycles. The van der Waals surface area contributed by atoms with Gasteiger partial charge in [0.2, 0.25) is 11.7 Å². The molecular formula is C16H21NO6. The van der Waals surface area contributed by atoms with Gasteiger partial charge < -0.3 is 23.8 Å². The fraction of sp³-hybridized carbons (Fsp3) is 0.500. The molecule has 2 rings (SSSR count). The zero-order valence-corrected chi connectivity index (χ0v) is 13.8. The van der Waals surface area contributed by atoms with Crippen molar-refractivity contribution in [2.75, 3.05) is 35.0 Å². The molecule has 0 bridgehead atoms. The van der Waals surface area contributed by atoms with Crippen LogP contribution >= 0.6 is 0 Å². The lowest BCUT2D eigenvalue weighted by atomic mass is 10.1. The summed E-state index contributed by atoms with van der Waals surface area (Å²) in [5.41, 5.74) is 0.832. The van der Waals surface area contributed by atoms with E-state index in [-0.39, 0.29) is 18.3 Å². The summed E-state index contributed by atoms with van der Waals surface area (Å²) < 4.78 is 20.6. The van der Waals surface area contributed by atoms with Crippen LogP contribution in [-0.2, 0) is 20.9 Å². The van der Waals surface area contributed by atoms with Crippen molar-refractivity contribution in [3.63, 3.8) is 0 Å². The number of nitrogens with zero attached hydrogens (tertiary/aromatic N) is 1. The number of hydrogen-bond donors (Lipinski definition) is 0. The van der Waals surface area contributed by atoms with Gasteiger partial charge in [0.15, 0.2) is 11.5 Å². The lowest BCUT2D eigenvalue weighted by molar-refractivity contribution is -0.145. The number of carbonyl (C=O) groups excluding carboxylic acids is 2. The predicted molar refractivity (Wildman–Crippen MR) is 81.6 cm³/mol. The highest BCUT2D eigenvalue weighted by Crippen LogP contribution is 2.38. The monoisotopic (exact) mass is 323 g/mol. The van der Waals surface area contributed by atoms with Crippen LogP contribution in [0.3, 0.4) is 0 Å². The fourth-order valence-electron chi connectivity index (χ4n) is 2.70. The molecule has 1 unspecified atom stereocenters. The van der Waals surface area contributed by atoms with Crippen molar-refractivity contribution < 1.29 is 28.5 Å². The van der Waals surface area contributed by atoms with Gasteiger partial charge in [0.1, 0.15) is 0 Å². The molecule has 0 aliphatic carbocycles. The number of carbonyl (C=O) groups is 2. The molecule has 0 saturated carbocycles. The Balaban J connectivity index is 2.20. The highest BCUT2D eigenvalue weighted by molar-refractivity contribution is 5.86. The quantitative estimate of drug-likeness (QED) is 0.733. The second-order valence-corrected chi connectivity index (χ2v) is 5.23. The van der Waals surface area contributed by atoms with Gasteiger partial charge in [-0.2, -0.15) is 0 Å². The molecule has 126 valence electrons. The third kappa shape index (κ3) is 3.49. The van der Waals surface area contributed by atoms with Crippen LogP contribution in [-0.4, -0.2) is 51.8 Å². The van der Waals surface area contributed by atoms with E-state index in [2.05, 4.69) is 0 Å². The standard InChI is InChI=1S/C16H21NO6/c1-20-12-5-10(6-13(21-2)15(12)22-3)8-17-9-11(7-14(17)18)16(19)23-4/h5-6,11H,7-9H2,1-4H3. The molecule has 0 aromatic heterocycles. The van der Waals surface area contributed by atoms with E-state index >= 15 is 0 Å². The zero-order chi connectivity index (χ0) is 17.0. The minimum atomic E-state index is -0.408. The van der Waals surface area contributed by atoms with Crippen molar-refractivity contribution in [2.24, 2.45) is 5.92 Å². The zero-order valence-electron chi connectivity index (χ0n) is 13.8. The normalized spacial score (nSPS) is 17.1. The van der Waals surface area contributed by atoms with Gasteiger partial charge in [-0.05, 0) is 17.7 Å². The van der Waals surface area contributed by atoms with Gasteiger partial charge in [-0.15, -0.1) is 0 Å². The lowest BCUT2D eigenvalue weighted by Gasteiger charge is -2.19. The Morgan fingerprint density at radius 1 is 1.13 bits per heavy atom. The summed E-state index contributed by atoms with van der Waals surface area (Å²) in [6, 6.07) is 3.58. The number of methoxy groups -OCH3 is 4. The van der Waals surface area contributed by atoms with Crippen LogP contribution in [0.15, 0.2) is 12.1 Å². The molecule has 7 nitrogen and oxygen atoms in total. The van der Waals surface area contributed by atoms with Crippen LogP contribution in [0.4, 0.5) is 0 Å². The summed E-state index contributed by atoms with van der Waals surface area (Å²) >= 11 is 0. The number of esters is 1. The SMILES string of the molecule is COC(=O)C1CC(=O)N(Cc2cc(OC)c(OC)c(OC)c2)C1. The molecule has 1 fully saturated rings. The summed E-state index contributed by atoms with van der Waals surface area (Å²) in [6.45, 7) is 0.714. The molecule has 0 N–H and O–H groups in total. The summed E-state index contributed by atoms with van der Waals surface area (Å²) in [7, 11) is 5.93. The molecule has 23 heavy (non-hydrogen) atoms. The Morgan fingerprint density at radius 3 is 2.22 bits per heavy atom. The number of benzene rings is 1. The molecule has 7 heteroatoms. The number of rotatable bonds is 6. The maximum absolute atomic E-state index is 12.1.